The number of rotatable bonds is 1. The van der Waals surface area contributed by atoms with Gasteiger partial charge in [0.15, 0.2) is 0 Å². The van der Waals surface area contributed by atoms with Gasteiger partial charge in [-0.1, -0.05) is 38.9 Å². The fourth-order valence-corrected chi connectivity index (χ4v) is 3.68. The lowest BCUT2D eigenvalue weighted by atomic mass is 10.0. The van der Waals surface area contributed by atoms with Crippen LogP contribution in [0.4, 0.5) is 0 Å². The van der Waals surface area contributed by atoms with Crippen molar-refractivity contribution in [2.45, 2.75) is 50.9 Å². The second kappa shape index (κ2) is 3.08. The predicted molar refractivity (Wildman–Crippen MR) is 49.9 cm³/mol. The van der Waals surface area contributed by atoms with Gasteiger partial charge < -0.3 is 0 Å². The Balaban J connectivity index is 2.39. The minimum atomic E-state index is -0.788. The minimum absolute atomic E-state index is 0.788. The highest BCUT2D eigenvalue weighted by atomic mass is 28.3. The van der Waals surface area contributed by atoms with Gasteiger partial charge in [-0.2, -0.15) is 0 Å². The van der Waals surface area contributed by atoms with Crippen LogP contribution in [0.5, 0.6) is 0 Å². The molecule has 1 aliphatic carbocycles. The van der Waals surface area contributed by atoms with Crippen LogP contribution in [0.1, 0.15) is 25.7 Å². The molecule has 1 fully saturated rings. The summed E-state index contributed by atoms with van der Waals surface area (Å²) in [6.45, 7) is 7.49. The van der Waals surface area contributed by atoms with Gasteiger partial charge in [-0.25, -0.2) is 0 Å². The standard InChI is InChI=1S/C9H19Si/c1-10(2,3)9-7-5-4-6-8-9/h5,9H,4,6-8H2,1-3H3. The van der Waals surface area contributed by atoms with E-state index in [1.54, 1.807) is 0 Å². The summed E-state index contributed by atoms with van der Waals surface area (Å²) in [7, 11) is -0.788. The van der Waals surface area contributed by atoms with Gasteiger partial charge in [-0.15, -0.1) is 0 Å². The first-order valence-corrected chi connectivity index (χ1v) is 8.00. The summed E-state index contributed by atoms with van der Waals surface area (Å²) in [6.07, 6.45) is 8.24. The molecule has 59 valence electrons. The fraction of sp³-hybridized carbons (Fsp3) is 0.889. The van der Waals surface area contributed by atoms with Gasteiger partial charge in [0.2, 0.25) is 0 Å². The highest BCUT2D eigenvalue weighted by molar-refractivity contribution is 6.77. The molecule has 0 bridgehead atoms. The van der Waals surface area contributed by atoms with E-state index in [2.05, 4.69) is 26.1 Å². The maximum absolute atomic E-state index is 2.50. The average molecular weight is 155 g/mol. The van der Waals surface area contributed by atoms with Gasteiger partial charge in [-0.05, 0) is 18.4 Å². The molecule has 1 rings (SSSR count). The number of hydrogen-bond donors (Lipinski definition) is 0. The van der Waals surface area contributed by atoms with Crippen molar-refractivity contribution in [3.8, 4) is 0 Å². The monoisotopic (exact) mass is 155 g/mol. The van der Waals surface area contributed by atoms with Gasteiger partial charge in [0.25, 0.3) is 0 Å². The molecule has 0 heterocycles. The molecule has 0 N–H and O–H groups in total. The third-order valence-electron chi connectivity index (χ3n) is 2.64. The average Bonchev–Trinajstić information content (AvgIpc) is 1.88. The van der Waals surface area contributed by atoms with E-state index in [9.17, 15) is 0 Å². The summed E-state index contributed by atoms with van der Waals surface area (Å²) < 4.78 is 0. The van der Waals surface area contributed by atoms with Gasteiger partial charge in [-0.3, -0.25) is 0 Å². The zero-order valence-electron chi connectivity index (χ0n) is 7.48. The molecule has 0 aromatic rings. The molecule has 0 aliphatic heterocycles. The van der Waals surface area contributed by atoms with Crippen molar-refractivity contribution in [2.24, 2.45) is 0 Å². The molecule has 1 atom stereocenters. The maximum atomic E-state index is 2.50. The van der Waals surface area contributed by atoms with E-state index >= 15 is 0 Å². The summed E-state index contributed by atoms with van der Waals surface area (Å²) in [5.74, 6) is 0. The Kier molecular flexibility index (Phi) is 2.56. The van der Waals surface area contributed by atoms with Crippen LogP contribution in [0.3, 0.4) is 0 Å². The van der Waals surface area contributed by atoms with Crippen molar-refractivity contribution in [3.05, 3.63) is 6.42 Å². The van der Waals surface area contributed by atoms with E-state index in [1.165, 1.54) is 25.7 Å². The fourth-order valence-electron chi connectivity index (χ4n) is 1.73. The molecule has 0 saturated heterocycles. The lowest BCUT2D eigenvalue weighted by molar-refractivity contribution is 0.577. The highest BCUT2D eigenvalue weighted by Crippen LogP contribution is 2.35. The normalized spacial score (nSPS) is 23.1. The zero-order valence-corrected chi connectivity index (χ0v) is 8.48. The van der Waals surface area contributed by atoms with Crippen molar-refractivity contribution in [3.63, 3.8) is 0 Å². The molecule has 10 heavy (non-hydrogen) atoms. The summed E-state index contributed by atoms with van der Waals surface area (Å²) in [5.41, 5.74) is 1.08. The lowest BCUT2D eigenvalue weighted by Gasteiger charge is -2.31. The summed E-state index contributed by atoms with van der Waals surface area (Å²) in [4.78, 5) is 0. The Bertz CT molecular complexity index is 95.8. The topological polar surface area (TPSA) is 0 Å². The molecule has 1 radical (unpaired) electrons. The molecule has 1 unspecified atom stereocenters. The molecule has 0 aromatic carbocycles. The molecule has 0 spiro atoms. The first-order chi connectivity index (χ1) is 4.61. The van der Waals surface area contributed by atoms with Gasteiger partial charge in [0, 0.05) is 8.07 Å². The van der Waals surface area contributed by atoms with Gasteiger partial charge in [0.05, 0.1) is 0 Å². The Hall–Kier alpha value is 0.217. The first-order valence-electron chi connectivity index (χ1n) is 4.42. The van der Waals surface area contributed by atoms with Crippen LogP contribution in [0, 0.1) is 6.42 Å². The van der Waals surface area contributed by atoms with Crippen molar-refractivity contribution in [1.29, 1.82) is 0 Å². The zero-order chi connectivity index (χ0) is 7.61. The molecule has 0 amide bonds. The largest absolute Gasteiger partial charge is 0.0693 e. The Morgan fingerprint density at radius 1 is 1.30 bits per heavy atom. The number of hydrogen-bond acceptors (Lipinski definition) is 0. The van der Waals surface area contributed by atoms with E-state index in [0.29, 0.717) is 0 Å². The summed E-state index contributed by atoms with van der Waals surface area (Å²) >= 11 is 0. The molecular formula is C9H19Si. The summed E-state index contributed by atoms with van der Waals surface area (Å²) in [5, 5.41) is 0. The van der Waals surface area contributed by atoms with Crippen molar-refractivity contribution in [2.75, 3.05) is 0 Å². The van der Waals surface area contributed by atoms with E-state index in [1.807, 2.05) is 0 Å². The van der Waals surface area contributed by atoms with E-state index in [4.69, 9.17) is 0 Å². The SMILES string of the molecule is C[Si](C)(C)C1C[CH]CCC1. The second-order valence-corrected chi connectivity index (χ2v) is 10.1. The van der Waals surface area contributed by atoms with Crippen LogP contribution in [-0.2, 0) is 0 Å². The van der Waals surface area contributed by atoms with Crippen molar-refractivity contribution < 1.29 is 0 Å². The lowest BCUT2D eigenvalue weighted by Crippen LogP contribution is -2.29. The molecule has 1 aliphatic rings. The Morgan fingerprint density at radius 3 is 2.30 bits per heavy atom. The minimum Gasteiger partial charge on any atom is -0.0693 e. The Morgan fingerprint density at radius 2 is 2.00 bits per heavy atom. The third kappa shape index (κ3) is 2.12. The Labute approximate surface area is 66.0 Å². The highest BCUT2D eigenvalue weighted by Gasteiger charge is 2.27. The van der Waals surface area contributed by atoms with Gasteiger partial charge >= 0.3 is 0 Å². The third-order valence-corrected chi connectivity index (χ3v) is 5.61. The van der Waals surface area contributed by atoms with Crippen LogP contribution in [0.15, 0.2) is 0 Å². The van der Waals surface area contributed by atoms with E-state index < -0.39 is 8.07 Å². The van der Waals surface area contributed by atoms with Crippen LogP contribution in [0.2, 0.25) is 25.2 Å². The second-order valence-electron chi connectivity index (χ2n) is 4.52. The molecule has 0 nitrogen and oxygen atoms in total. The molecular weight excluding hydrogens is 136 g/mol. The van der Waals surface area contributed by atoms with Crippen molar-refractivity contribution in [1.82, 2.24) is 0 Å². The quantitative estimate of drug-likeness (QED) is 0.509. The summed E-state index contributed by atoms with van der Waals surface area (Å²) in [6, 6.07) is 0. The van der Waals surface area contributed by atoms with Crippen LogP contribution in [-0.4, -0.2) is 8.07 Å². The van der Waals surface area contributed by atoms with Crippen molar-refractivity contribution >= 4 is 8.07 Å². The van der Waals surface area contributed by atoms with Crippen LogP contribution >= 0.6 is 0 Å². The predicted octanol–water partition coefficient (Wildman–Crippen LogP) is 3.47. The van der Waals surface area contributed by atoms with E-state index in [0.717, 1.165) is 5.54 Å². The molecule has 0 aromatic heterocycles. The first kappa shape index (κ1) is 8.31. The van der Waals surface area contributed by atoms with Crippen LogP contribution < -0.4 is 0 Å². The smallest absolute Gasteiger partial charge is 0.0473 e. The van der Waals surface area contributed by atoms with E-state index in [-0.39, 0.29) is 0 Å². The maximum Gasteiger partial charge on any atom is 0.0473 e. The molecule has 1 heteroatoms. The molecule has 1 saturated carbocycles. The van der Waals surface area contributed by atoms with Crippen LogP contribution in [0.25, 0.3) is 0 Å². The van der Waals surface area contributed by atoms with Gasteiger partial charge in [0.1, 0.15) is 0 Å².